The standard InChI is InChI=1S/C13H12ClF2NO2/c1-8-2-4-10(18-8)7-17-9-3-5-12(11(14)6-9)19-13(15)16/h2-6,13,17H,7H2,1H3. The van der Waals surface area contributed by atoms with E-state index in [-0.39, 0.29) is 10.8 Å². The lowest BCUT2D eigenvalue weighted by Gasteiger charge is -2.09. The lowest BCUT2D eigenvalue weighted by atomic mass is 10.3. The molecule has 0 aliphatic heterocycles. The van der Waals surface area contributed by atoms with Crippen molar-refractivity contribution in [2.45, 2.75) is 20.1 Å². The third-order valence-electron chi connectivity index (χ3n) is 2.41. The predicted octanol–water partition coefficient (Wildman–Crippen LogP) is 4.45. The number of anilines is 1. The van der Waals surface area contributed by atoms with E-state index in [0.717, 1.165) is 11.5 Å². The average Bonchev–Trinajstić information content (AvgIpc) is 2.75. The molecule has 2 rings (SSSR count). The second kappa shape index (κ2) is 5.93. The maximum absolute atomic E-state index is 12.1. The number of alkyl halides is 2. The zero-order valence-corrected chi connectivity index (χ0v) is 10.9. The fourth-order valence-corrected chi connectivity index (χ4v) is 1.80. The summed E-state index contributed by atoms with van der Waals surface area (Å²) in [7, 11) is 0. The van der Waals surface area contributed by atoms with E-state index < -0.39 is 6.61 Å². The molecule has 3 nitrogen and oxygen atoms in total. The molecule has 0 spiro atoms. The van der Waals surface area contributed by atoms with Gasteiger partial charge >= 0.3 is 6.61 Å². The van der Waals surface area contributed by atoms with Crippen molar-refractivity contribution in [3.05, 3.63) is 46.9 Å². The van der Waals surface area contributed by atoms with Gasteiger partial charge < -0.3 is 14.5 Å². The van der Waals surface area contributed by atoms with Gasteiger partial charge in [0.1, 0.15) is 17.3 Å². The van der Waals surface area contributed by atoms with Gasteiger partial charge in [0.15, 0.2) is 0 Å². The number of rotatable bonds is 5. The summed E-state index contributed by atoms with van der Waals surface area (Å²) in [4.78, 5) is 0. The summed E-state index contributed by atoms with van der Waals surface area (Å²) in [5, 5.41) is 3.20. The minimum absolute atomic E-state index is 0.0453. The molecule has 1 aromatic heterocycles. The predicted molar refractivity (Wildman–Crippen MR) is 68.9 cm³/mol. The van der Waals surface area contributed by atoms with Crippen molar-refractivity contribution in [1.82, 2.24) is 0 Å². The summed E-state index contributed by atoms with van der Waals surface area (Å²) in [6.45, 7) is -0.543. The van der Waals surface area contributed by atoms with E-state index in [9.17, 15) is 8.78 Å². The first-order chi connectivity index (χ1) is 9.04. The van der Waals surface area contributed by atoms with Gasteiger partial charge in [-0.2, -0.15) is 8.78 Å². The largest absolute Gasteiger partial charge is 0.465 e. The highest BCUT2D eigenvalue weighted by Crippen LogP contribution is 2.29. The van der Waals surface area contributed by atoms with Crippen LogP contribution in [-0.4, -0.2) is 6.61 Å². The second-order valence-electron chi connectivity index (χ2n) is 3.89. The van der Waals surface area contributed by atoms with Crippen molar-refractivity contribution >= 4 is 17.3 Å². The smallest absolute Gasteiger partial charge is 0.387 e. The fraction of sp³-hybridized carbons (Fsp3) is 0.231. The maximum Gasteiger partial charge on any atom is 0.387 e. The van der Waals surface area contributed by atoms with Crippen LogP contribution < -0.4 is 10.1 Å². The van der Waals surface area contributed by atoms with Crippen LogP contribution in [0, 0.1) is 6.92 Å². The minimum Gasteiger partial charge on any atom is -0.465 e. The molecule has 0 atom stereocenters. The number of aryl methyl sites for hydroxylation is 1. The summed E-state index contributed by atoms with van der Waals surface area (Å²) in [5.41, 5.74) is 0.695. The van der Waals surface area contributed by atoms with Crippen LogP contribution in [0.15, 0.2) is 34.7 Å². The first-order valence-corrected chi connectivity index (χ1v) is 5.96. The Morgan fingerprint density at radius 3 is 2.68 bits per heavy atom. The van der Waals surface area contributed by atoms with Gasteiger partial charge in [0, 0.05) is 5.69 Å². The first-order valence-electron chi connectivity index (χ1n) is 5.58. The average molecular weight is 288 g/mol. The fourth-order valence-electron chi connectivity index (χ4n) is 1.57. The molecule has 0 fully saturated rings. The van der Waals surface area contributed by atoms with Crippen LogP contribution in [0.3, 0.4) is 0 Å². The molecule has 6 heteroatoms. The monoisotopic (exact) mass is 287 g/mol. The van der Waals surface area contributed by atoms with E-state index in [0.29, 0.717) is 12.2 Å². The molecule has 0 radical (unpaired) electrons. The lowest BCUT2D eigenvalue weighted by Crippen LogP contribution is -2.03. The third kappa shape index (κ3) is 3.86. The molecule has 0 aliphatic rings. The highest BCUT2D eigenvalue weighted by atomic mass is 35.5. The van der Waals surface area contributed by atoms with Gasteiger partial charge in [0.05, 0.1) is 11.6 Å². The Labute approximate surface area is 114 Å². The van der Waals surface area contributed by atoms with Crippen molar-refractivity contribution < 1.29 is 17.9 Å². The Morgan fingerprint density at radius 2 is 2.11 bits per heavy atom. The van der Waals surface area contributed by atoms with Crippen molar-refractivity contribution in [3.8, 4) is 5.75 Å². The second-order valence-corrected chi connectivity index (χ2v) is 4.30. The van der Waals surface area contributed by atoms with Crippen LogP contribution in [0.4, 0.5) is 14.5 Å². The zero-order chi connectivity index (χ0) is 13.8. The quantitative estimate of drug-likeness (QED) is 0.882. The number of furan rings is 1. The van der Waals surface area contributed by atoms with E-state index in [2.05, 4.69) is 10.1 Å². The van der Waals surface area contributed by atoms with Gasteiger partial charge in [-0.15, -0.1) is 0 Å². The van der Waals surface area contributed by atoms with Crippen LogP contribution in [0.25, 0.3) is 0 Å². The molecule has 1 N–H and O–H groups in total. The summed E-state index contributed by atoms with van der Waals surface area (Å²) in [5.74, 6) is 1.56. The molecule has 0 unspecified atom stereocenters. The van der Waals surface area contributed by atoms with Gasteiger partial charge in [0.2, 0.25) is 0 Å². The van der Waals surface area contributed by atoms with E-state index >= 15 is 0 Å². The molecule has 0 amide bonds. The molecule has 102 valence electrons. The molecule has 1 heterocycles. The molecule has 0 bridgehead atoms. The Hall–Kier alpha value is -1.75. The molecular formula is C13H12ClF2NO2. The Balaban J connectivity index is 1.99. The SMILES string of the molecule is Cc1ccc(CNc2ccc(OC(F)F)c(Cl)c2)o1. The number of ether oxygens (including phenoxy) is 1. The first kappa shape index (κ1) is 13.7. The van der Waals surface area contributed by atoms with Crippen LogP contribution in [0.2, 0.25) is 5.02 Å². The molecule has 2 aromatic rings. The number of benzene rings is 1. The van der Waals surface area contributed by atoms with E-state index in [1.165, 1.54) is 12.1 Å². The summed E-state index contributed by atoms with van der Waals surface area (Å²) in [6, 6.07) is 8.25. The summed E-state index contributed by atoms with van der Waals surface area (Å²) in [6.07, 6.45) is 0. The van der Waals surface area contributed by atoms with Crippen molar-refractivity contribution in [2.24, 2.45) is 0 Å². The van der Waals surface area contributed by atoms with Crippen LogP contribution >= 0.6 is 11.6 Å². The molecule has 0 saturated heterocycles. The Morgan fingerprint density at radius 1 is 1.32 bits per heavy atom. The third-order valence-corrected chi connectivity index (χ3v) is 2.71. The maximum atomic E-state index is 12.1. The van der Waals surface area contributed by atoms with Crippen molar-refractivity contribution in [3.63, 3.8) is 0 Å². The van der Waals surface area contributed by atoms with E-state index in [1.54, 1.807) is 6.07 Å². The van der Waals surface area contributed by atoms with Crippen molar-refractivity contribution in [1.29, 1.82) is 0 Å². The highest BCUT2D eigenvalue weighted by molar-refractivity contribution is 6.32. The Bertz CT molecular complexity index is 557. The molecule has 1 aromatic carbocycles. The van der Waals surface area contributed by atoms with Gasteiger partial charge in [-0.25, -0.2) is 0 Å². The normalized spacial score (nSPS) is 10.8. The minimum atomic E-state index is -2.89. The number of halogens is 3. The molecule has 0 saturated carbocycles. The zero-order valence-electron chi connectivity index (χ0n) is 10.1. The van der Waals surface area contributed by atoms with Crippen LogP contribution in [0.5, 0.6) is 5.75 Å². The topological polar surface area (TPSA) is 34.4 Å². The van der Waals surface area contributed by atoms with E-state index in [4.69, 9.17) is 16.0 Å². The highest BCUT2D eigenvalue weighted by Gasteiger charge is 2.09. The van der Waals surface area contributed by atoms with Gasteiger partial charge in [-0.3, -0.25) is 0 Å². The van der Waals surface area contributed by atoms with Crippen molar-refractivity contribution in [2.75, 3.05) is 5.32 Å². The van der Waals surface area contributed by atoms with Crippen LogP contribution in [-0.2, 0) is 6.54 Å². The number of hydrogen-bond acceptors (Lipinski definition) is 3. The van der Waals surface area contributed by atoms with Gasteiger partial charge in [-0.05, 0) is 37.3 Å². The summed E-state index contributed by atoms with van der Waals surface area (Å²) >= 11 is 5.84. The Kier molecular flexibility index (Phi) is 4.27. The summed E-state index contributed by atoms with van der Waals surface area (Å²) < 4.78 is 33.8. The molecular weight excluding hydrogens is 276 g/mol. The molecule has 0 aliphatic carbocycles. The van der Waals surface area contributed by atoms with Crippen LogP contribution in [0.1, 0.15) is 11.5 Å². The number of nitrogens with one attached hydrogen (secondary N) is 1. The van der Waals surface area contributed by atoms with Gasteiger partial charge in [-0.1, -0.05) is 11.6 Å². The van der Waals surface area contributed by atoms with E-state index in [1.807, 2.05) is 19.1 Å². The number of hydrogen-bond donors (Lipinski definition) is 1. The molecule has 19 heavy (non-hydrogen) atoms. The van der Waals surface area contributed by atoms with Gasteiger partial charge in [0.25, 0.3) is 0 Å². The lowest BCUT2D eigenvalue weighted by molar-refractivity contribution is -0.0497.